The van der Waals surface area contributed by atoms with Crippen molar-refractivity contribution in [2.75, 3.05) is 13.7 Å². The van der Waals surface area contributed by atoms with E-state index in [9.17, 15) is 18.0 Å². The van der Waals surface area contributed by atoms with Crippen molar-refractivity contribution >= 4 is 23.6 Å². The topological polar surface area (TPSA) is 81.8 Å². The van der Waals surface area contributed by atoms with E-state index in [1.54, 1.807) is 51.3 Å². The number of methoxy groups -OCH3 is 1. The number of nitrogens with zero attached hydrogens (tertiary/aromatic N) is 3. The predicted molar refractivity (Wildman–Crippen MR) is 144 cm³/mol. The number of benzene rings is 3. The number of carbonyl (C=O) groups excluding carboxylic acids is 1. The third-order valence-corrected chi connectivity index (χ3v) is 5.59. The van der Waals surface area contributed by atoms with Gasteiger partial charge < -0.3 is 14.3 Å². The predicted octanol–water partition coefficient (Wildman–Crippen LogP) is 7.01. The SMILES string of the molecule is CCON=C(C(C)=NN=Cc1ccccc1C(C)C(=O)OC)c1ccc(Oc2ccc(C(F)(F)F)cc2)cc1. The second-order valence-corrected chi connectivity index (χ2v) is 8.31. The number of ether oxygens (including phenoxy) is 2. The van der Waals surface area contributed by atoms with Gasteiger partial charge in [-0.15, -0.1) is 0 Å². The highest BCUT2D eigenvalue weighted by Crippen LogP contribution is 2.31. The van der Waals surface area contributed by atoms with Crippen molar-refractivity contribution in [2.24, 2.45) is 15.4 Å². The van der Waals surface area contributed by atoms with Gasteiger partial charge in [-0.2, -0.15) is 23.4 Å². The average molecular weight is 540 g/mol. The molecule has 3 rings (SSSR count). The Labute approximate surface area is 224 Å². The smallest absolute Gasteiger partial charge is 0.416 e. The minimum Gasteiger partial charge on any atom is -0.469 e. The molecule has 0 N–H and O–H groups in total. The van der Waals surface area contributed by atoms with Gasteiger partial charge >= 0.3 is 12.1 Å². The number of alkyl halides is 3. The molecule has 1 atom stereocenters. The molecule has 204 valence electrons. The van der Waals surface area contributed by atoms with E-state index in [0.29, 0.717) is 29.3 Å². The summed E-state index contributed by atoms with van der Waals surface area (Å²) >= 11 is 0. The lowest BCUT2D eigenvalue weighted by molar-refractivity contribution is -0.142. The number of hydrogen-bond acceptors (Lipinski definition) is 7. The molecule has 3 aromatic carbocycles. The maximum atomic E-state index is 12.8. The van der Waals surface area contributed by atoms with E-state index in [-0.39, 0.29) is 11.7 Å². The molecule has 0 heterocycles. The highest BCUT2D eigenvalue weighted by atomic mass is 19.4. The van der Waals surface area contributed by atoms with Crippen molar-refractivity contribution in [3.8, 4) is 11.5 Å². The van der Waals surface area contributed by atoms with Gasteiger partial charge in [0.05, 0.1) is 30.5 Å². The van der Waals surface area contributed by atoms with E-state index >= 15 is 0 Å². The summed E-state index contributed by atoms with van der Waals surface area (Å²) in [6.07, 6.45) is -2.86. The van der Waals surface area contributed by atoms with E-state index in [1.165, 1.54) is 19.2 Å². The van der Waals surface area contributed by atoms with Crippen LogP contribution in [0.15, 0.2) is 88.2 Å². The number of rotatable bonds is 10. The summed E-state index contributed by atoms with van der Waals surface area (Å²) in [5, 5.41) is 12.6. The molecule has 0 radical (unpaired) electrons. The summed E-state index contributed by atoms with van der Waals surface area (Å²) in [6.45, 7) is 5.62. The third kappa shape index (κ3) is 8.00. The van der Waals surface area contributed by atoms with Crippen molar-refractivity contribution < 1.29 is 32.3 Å². The maximum absolute atomic E-state index is 12.8. The fraction of sp³-hybridized carbons (Fsp3) is 0.241. The molecule has 0 spiro atoms. The standard InChI is InChI=1S/C29H28F3N3O4/c1-5-38-35-27(20(3)34-33-18-22-8-6-7-9-26(22)19(2)28(36)37-4)21-10-14-24(15-11-21)39-25-16-12-23(13-17-25)29(30,31)32/h6-19H,5H2,1-4H3. The third-order valence-electron chi connectivity index (χ3n) is 5.59. The van der Waals surface area contributed by atoms with Crippen LogP contribution in [-0.2, 0) is 20.5 Å². The van der Waals surface area contributed by atoms with Gasteiger partial charge in [0.15, 0.2) is 0 Å². The first kappa shape index (κ1) is 29.1. The van der Waals surface area contributed by atoms with E-state index in [0.717, 1.165) is 23.3 Å². The highest BCUT2D eigenvalue weighted by molar-refractivity contribution is 6.47. The zero-order chi connectivity index (χ0) is 28.4. The Hall–Kier alpha value is -4.47. The Balaban J connectivity index is 1.79. The Morgan fingerprint density at radius 3 is 2.18 bits per heavy atom. The molecule has 0 aromatic heterocycles. The van der Waals surface area contributed by atoms with E-state index in [2.05, 4.69) is 15.4 Å². The molecule has 0 aliphatic rings. The zero-order valence-corrected chi connectivity index (χ0v) is 21.9. The first-order valence-electron chi connectivity index (χ1n) is 12.0. The number of hydrogen-bond donors (Lipinski definition) is 0. The van der Waals surface area contributed by atoms with Crippen molar-refractivity contribution in [3.63, 3.8) is 0 Å². The van der Waals surface area contributed by atoms with Crippen LogP contribution in [0.5, 0.6) is 11.5 Å². The molecule has 0 fully saturated rings. The van der Waals surface area contributed by atoms with Crippen LogP contribution in [0.2, 0.25) is 0 Å². The van der Waals surface area contributed by atoms with Crippen molar-refractivity contribution in [1.29, 1.82) is 0 Å². The molecule has 7 nitrogen and oxygen atoms in total. The van der Waals surface area contributed by atoms with E-state index in [1.807, 2.05) is 24.3 Å². The molecule has 0 aliphatic heterocycles. The fourth-order valence-corrected chi connectivity index (χ4v) is 3.54. The van der Waals surface area contributed by atoms with Crippen LogP contribution >= 0.6 is 0 Å². The van der Waals surface area contributed by atoms with Crippen molar-refractivity contribution in [3.05, 3.63) is 95.1 Å². The van der Waals surface area contributed by atoms with E-state index < -0.39 is 17.7 Å². The average Bonchev–Trinajstić information content (AvgIpc) is 2.93. The van der Waals surface area contributed by atoms with Crippen LogP contribution in [0.1, 0.15) is 48.9 Å². The number of oxime groups is 1. The lowest BCUT2D eigenvalue weighted by Crippen LogP contribution is -2.13. The highest BCUT2D eigenvalue weighted by Gasteiger charge is 2.30. The van der Waals surface area contributed by atoms with Gasteiger partial charge in [0.1, 0.15) is 23.8 Å². The van der Waals surface area contributed by atoms with Gasteiger partial charge in [-0.3, -0.25) is 4.79 Å². The molecular formula is C29H28F3N3O4. The van der Waals surface area contributed by atoms with Crippen LogP contribution in [0, 0.1) is 0 Å². The molecule has 0 amide bonds. The summed E-state index contributed by atoms with van der Waals surface area (Å²) in [5.74, 6) is -0.125. The molecule has 10 heteroatoms. The number of carbonyl (C=O) groups is 1. The Kier molecular flexibility index (Phi) is 9.97. The Morgan fingerprint density at radius 2 is 1.59 bits per heavy atom. The minimum atomic E-state index is -4.41. The summed E-state index contributed by atoms with van der Waals surface area (Å²) in [5.41, 5.74) is 2.30. The quantitative estimate of drug-likeness (QED) is 0.158. The Morgan fingerprint density at radius 1 is 0.974 bits per heavy atom. The first-order valence-corrected chi connectivity index (χ1v) is 12.0. The monoisotopic (exact) mass is 539 g/mol. The molecule has 3 aromatic rings. The van der Waals surface area contributed by atoms with Crippen LogP contribution in [0.25, 0.3) is 0 Å². The molecule has 39 heavy (non-hydrogen) atoms. The van der Waals surface area contributed by atoms with Gasteiger partial charge in [-0.1, -0.05) is 29.4 Å². The molecule has 0 saturated heterocycles. The maximum Gasteiger partial charge on any atom is 0.416 e. The summed E-state index contributed by atoms with van der Waals surface area (Å²) in [4.78, 5) is 17.3. The first-order chi connectivity index (χ1) is 18.6. The van der Waals surface area contributed by atoms with Crippen molar-refractivity contribution in [1.82, 2.24) is 0 Å². The molecule has 0 bridgehead atoms. The van der Waals surface area contributed by atoms with Crippen LogP contribution in [0.4, 0.5) is 13.2 Å². The van der Waals surface area contributed by atoms with Gasteiger partial charge in [0.25, 0.3) is 0 Å². The van der Waals surface area contributed by atoms with Gasteiger partial charge in [0.2, 0.25) is 0 Å². The summed E-state index contributed by atoms with van der Waals surface area (Å²) in [6, 6.07) is 18.6. The van der Waals surface area contributed by atoms with Crippen LogP contribution in [-0.4, -0.2) is 37.3 Å². The summed E-state index contributed by atoms with van der Waals surface area (Å²) < 4.78 is 48.9. The molecular weight excluding hydrogens is 511 g/mol. The zero-order valence-electron chi connectivity index (χ0n) is 21.9. The number of halogens is 3. The second-order valence-electron chi connectivity index (χ2n) is 8.31. The molecule has 1 unspecified atom stereocenters. The van der Waals surface area contributed by atoms with Crippen LogP contribution < -0.4 is 4.74 Å². The Bertz CT molecular complexity index is 1350. The van der Waals surface area contributed by atoms with Gasteiger partial charge in [-0.25, -0.2) is 0 Å². The van der Waals surface area contributed by atoms with Crippen LogP contribution in [0.3, 0.4) is 0 Å². The second kappa shape index (κ2) is 13.4. The summed E-state index contributed by atoms with van der Waals surface area (Å²) in [7, 11) is 1.34. The van der Waals surface area contributed by atoms with Gasteiger partial charge in [0, 0.05) is 5.56 Å². The fourth-order valence-electron chi connectivity index (χ4n) is 3.54. The number of esters is 1. The molecule has 0 aliphatic carbocycles. The lowest BCUT2D eigenvalue weighted by Gasteiger charge is -2.11. The minimum absolute atomic E-state index is 0.271. The lowest BCUT2D eigenvalue weighted by atomic mass is 9.96. The van der Waals surface area contributed by atoms with Gasteiger partial charge in [-0.05, 0) is 80.4 Å². The van der Waals surface area contributed by atoms with Crippen molar-refractivity contribution in [2.45, 2.75) is 32.9 Å². The normalized spacial score (nSPS) is 13.3. The molecule has 0 saturated carbocycles. The van der Waals surface area contributed by atoms with E-state index in [4.69, 9.17) is 14.3 Å². The largest absolute Gasteiger partial charge is 0.469 e.